The van der Waals surface area contributed by atoms with Gasteiger partial charge in [-0.05, 0) is 18.2 Å². The summed E-state index contributed by atoms with van der Waals surface area (Å²) in [6, 6.07) is 17.0. The van der Waals surface area contributed by atoms with Crippen LogP contribution in [0.3, 0.4) is 0 Å². The van der Waals surface area contributed by atoms with E-state index in [0.29, 0.717) is 24.4 Å². The molecule has 4 rings (SSSR count). The zero-order valence-corrected chi connectivity index (χ0v) is 15.9. The van der Waals surface area contributed by atoms with Gasteiger partial charge in [0.15, 0.2) is 4.91 Å². The van der Waals surface area contributed by atoms with E-state index in [2.05, 4.69) is 22.3 Å². The van der Waals surface area contributed by atoms with Crippen LogP contribution in [0.5, 0.6) is 0 Å². The Morgan fingerprint density at radius 2 is 1.48 bits per heavy atom. The highest BCUT2D eigenvalue weighted by Gasteiger charge is 2.42. The molecule has 0 unspecified atom stereocenters. The summed E-state index contributed by atoms with van der Waals surface area (Å²) in [7, 11) is -2.35. The zero-order chi connectivity index (χ0) is 19.0. The molecule has 1 amide bonds. The first-order chi connectivity index (χ1) is 13.0. The molecule has 2 heterocycles. The number of nitrogens with zero attached hydrogens (tertiary/aromatic N) is 2. The third-order valence-electron chi connectivity index (χ3n) is 5.07. The molecule has 2 aliphatic heterocycles. The van der Waals surface area contributed by atoms with Gasteiger partial charge in [-0.25, -0.2) is 8.42 Å². The maximum absolute atomic E-state index is 13.0. The summed E-state index contributed by atoms with van der Waals surface area (Å²) in [5, 5.41) is 2.49. The Hall–Kier alpha value is -2.80. The number of carbonyl (C=O) groups is 1. The number of amides is 1. The van der Waals surface area contributed by atoms with Crippen molar-refractivity contribution in [1.29, 1.82) is 0 Å². The van der Waals surface area contributed by atoms with Gasteiger partial charge in [0.25, 0.3) is 5.91 Å². The van der Waals surface area contributed by atoms with Crippen LogP contribution < -0.4 is 10.2 Å². The summed E-state index contributed by atoms with van der Waals surface area (Å²) in [5.41, 5.74) is 2.29. The first-order valence-corrected chi connectivity index (χ1v) is 10.4. The predicted octanol–water partition coefficient (Wildman–Crippen LogP) is 1.71. The van der Waals surface area contributed by atoms with E-state index in [4.69, 9.17) is 0 Å². The molecule has 6 nitrogen and oxygen atoms in total. The topological polar surface area (TPSA) is 69.7 Å². The molecule has 7 heteroatoms. The lowest BCUT2D eigenvalue weighted by atomic mass is 10.1. The van der Waals surface area contributed by atoms with Crippen LogP contribution in [-0.2, 0) is 14.6 Å². The fourth-order valence-electron chi connectivity index (χ4n) is 3.74. The number of hydrogen-bond acceptors (Lipinski definition) is 5. The van der Waals surface area contributed by atoms with Crippen LogP contribution >= 0.6 is 0 Å². The average molecular weight is 383 g/mol. The number of para-hydroxylation sites is 1. The van der Waals surface area contributed by atoms with E-state index in [1.165, 1.54) is 7.05 Å². The van der Waals surface area contributed by atoms with Gasteiger partial charge >= 0.3 is 0 Å². The van der Waals surface area contributed by atoms with E-state index in [1.54, 1.807) is 24.3 Å². The summed E-state index contributed by atoms with van der Waals surface area (Å²) in [6.07, 6.45) is 0. The minimum atomic E-state index is -3.81. The van der Waals surface area contributed by atoms with Crippen molar-refractivity contribution in [2.24, 2.45) is 0 Å². The summed E-state index contributed by atoms with van der Waals surface area (Å²) in [5.74, 6) is -0.563. The van der Waals surface area contributed by atoms with Crippen LogP contribution in [0, 0.1) is 0 Å². The first-order valence-electron chi connectivity index (χ1n) is 8.90. The Labute approximate surface area is 159 Å². The van der Waals surface area contributed by atoms with Gasteiger partial charge in [-0.2, -0.15) is 0 Å². The fraction of sp³-hybridized carbons (Fsp3) is 0.250. The van der Waals surface area contributed by atoms with Gasteiger partial charge in [-0.15, -0.1) is 0 Å². The lowest BCUT2D eigenvalue weighted by Gasteiger charge is -2.38. The third kappa shape index (κ3) is 2.88. The first kappa shape index (κ1) is 17.6. The van der Waals surface area contributed by atoms with Gasteiger partial charge in [-0.3, -0.25) is 4.79 Å². The molecule has 0 atom stereocenters. The SMILES string of the molecule is CNC(=O)C1=C(N2CCN(c3ccccc3)CC2)c2ccccc2S1(=O)=O. The number of carbonyl (C=O) groups excluding carboxylic acids is 1. The molecular formula is C20H21N3O3S. The molecule has 2 aliphatic rings. The minimum Gasteiger partial charge on any atom is -0.368 e. The molecule has 0 saturated carbocycles. The Kier molecular flexibility index (Phi) is 4.39. The van der Waals surface area contributed by atoms with Crippen LogP contribution in [0.1, 0.15) is 5.56 Å². The molecule has 2 aromatic rings. The van der Waals surface area contributed by atoms with Crippen molar-refractivity contribution in [2.75, 3.05) is 38.1 Å². The van der Waals surface area contributed by atoms with Crippen LogP contribution in [0.2, 0.25) is 0 Å². The van der Waals surface area contributed by atoms with E-state index in [9.17, 15) is 13.2 Å². The summed E-state index contributed by atoms with van der Waals surface area (Å²) < 4.78 is 25.9. The second-order valence-corrected chi connectivity index (χ2v) is 8.42. The van der Waals surface area contributed by atoms with E-state index in [0.717, 1.165) is 18.8 Å². The molecule has 1 N–H and O–H groups in total. The van der Waals surface area contributed by atoms with E-state index in [1.807, 2.05) is 23.1 Å². The lowest BCUT2D eigenvalue weighted by molar-refractivity contribution is -0.116. The maximum atomic E-state index is 13.0. The van der Waals surface area contributed by atoms with Crippen LogP contribution in [0.25, 0.3) is 5.70 Å². The number of anilines is 1. The molecule has 0 aliphatic carbocycles. The predicted molar refractivity (Wildman–Crippen MR) is 105 cm³/mol. The minimum absolute atomic E-state index is 0.139. The van der Waals surface area contributed by atoms with Crippen molar-refractivity contribution >= 4 is 27.1 Å². The quantitative estimate of drug-likeness (QED) is 0.874. The number of benzene rings is 2. The fourth-order valence-corrected chi connectivity index (χ4v) is 5.51. The second kappa shape index (κ2) is 6.74. The van der Waals surface area contributed by atoms with Gasteiger partial charge < -0.3 is 15.1 Å². The average Bonchev–Trinajstić information content (AvgIpc) is 2.96. The van der Waals surface area contributed by atoms with Crippen molar-refractivity contribution in [2.45, 2.75) is 4.90 Å². The largest absolute Gasteiger partial charge is 0.368 e. The van der Waals surface area contributed by atoms with E-state index in [-0.39, 0.29) is 9.80 Å². The molecular weight excluding hydrogens is 362 g/mol. The van der Waals surface area contributed by atoms with Gasteiger partial charge in [-0.1, -0.05) is 36.4 Å². The summed E-state index contributed by atoms with van der Waals surface area (Å²) in [4.78, 5) is 16.8. The third-order valence-corrected chi connectivity index (χ3v) is 6.92. The second-order valence-electron chi connectivity index (χ2n) is 6.57. The van der Waals surface area contributed by atoms with E-state index >= 15 is 0 Å². The number of likely N-dealkylation sites (N-methyl/N-ethyl adjacent to an activating group) is 1. The highest BCUT2D eigenvalue weighted by Crippen LogP contribution is 2.41. The monoisotopic (exact) mass is 383 g/mol. The van der Waals surface area contributed by atoms with Crippen LogP contribution in [0.4, 0.5) is 5.69 Å². The van der Waals surface area contributed by atoms with E-state index < -0.39 is 15.7 Å². The Balaban J connectivity index is 1.70. The zero-order valence-electron chi connectivity index (χ0n) is 15.1. The number of piperazine rings is 1. The van der Waals surface area contributed by atoms with Gasteiger partial charge in [0.2, 0.25) is 9.84 Å². The van der Waals surface area contributed by atoms with Crippen LogP contribution in [-0.4, -0.2) is 52.5 Å². The number of fused-ring (bicyclic) bond motifs is 1. The Bertz CT molecular complexity index is 1010. The molecule has 0 aromatic heterocycles. The van der Waals surface area contributed by atoms with Gasteiger partial charge in [0, 0.05) is 44.5 Å². The molecule has 0 bridgehead atoms. The standard InChI is InChI=1S/C20H21N3O3S/c1-21-20(24)19-18(16-9-5-6-10-17(16)27(19,25)26)23-13-11-22(12-14-23)15-7-3-2-4-8-15/h2-10H,11-14H2,1H3,(H,21,24). The highest BCUT2D eigenvalue weighted by atomic mass is 32.2. The molecule has 2 aromatic carbocycles. The number of rotatable bonds is 3. The Morgan fingerprint density at radius 3 is 2.15 bits per heavy atom. The molecule has 0 spiro atoms. The van der Waals surface area contributed by atoms with Crippen LogP contribution in [0.15, 0.2) is 64.4 Å². The number of nitrogens with one attached hydrogen (secondary N) is 1. The molecule has 27 heavy (non-hydrogen) atoms. The normalized spacial score (nSPS) is 18.4. The van der Waals surface area contributed by atoms with Gasteiger partial charge in [0.1, 0.15) is 0 Å². The van der Waals surface area contributed by atoms with Crippen molar-refractivity contribution in [1.82, 2.24) is 10.2 Å². The van der Waals surface area contributed by atoms with Crippen molar-refractivity contribution in [3.63, 3.8) is 0 Å². The summed E-state index contributed by atoms with van der Waals surface area (Å²) >= 11 is 0. The molecule has 1 saturated heterocycles. The van der Waals surface area contributed by atoms with Crippen molar-refractivity contribution in [3.05, 3.63) is 65.1 Å². The molecule has 140 valence electrons. The molecule has 1 fully saturated rings. The summed E-state index contributed by atoms with van der Waals surface area (Å²) in [6.45, 7) is 2.82. The Morgan fingerprint density at radius 1 is 0.889 bits per heavy atom. The van der Waals surface area contributed by atoms with Crippen molar-refractivity contribution in [3.8, 4) is 0 Å². The number of sulfone groups is 1. The van der Waals surface area contributed by atoms with Crippen molar-refractivity contribution < 1.29 is 13.2 Å². The number of hydrogen-bond donors (Lipinski definition) is 1. The smallest absolute Gasteiger partial charge is 0.265 e. The maximum Gasteiger partial charge on any atom is 0.265 e. The van der Waals surface area contributed by atoms with Gasteiger partial charge in [0.05, 0.1) is 10.6 Å². The molecule has 0 radical (unpaired) electrons. The lowest BCUT2D eigenvalue weighted by Crippen LogP contribution is -2.46. The highest BCUT2D eigenvalue weighted by molar-refractivity contribution is 7.97.